The van der Waals surface area contributed by atoms with Crippen LogP contribution in [0.25, 0.3) is 10.9 Å². The molecular formula is C19H18N2O5. The van der Waals surface area contributed by atoms with Gasteiger partial charge in [-0.3, -0.25) is 4.79 Å². The summed E-state index contributed by atoms with van der Waals surface area (Å²) in [6, 6.07) is 11.8. The lowest BCUT2D eigenvalue weighted by Crippen LogP contribution is -2.17. The van der Waals surface area contributed by atoms with E-state index >= 15 is 0 Å². The summed E-state index contributed by atoms with van der Waals surface area (Å²) in [4.78, 5) is 31.7. The number of hydrogen-bond donors (Lipinski definition) is 1. The van der Waals surface area contributed by atoms with Gasteiger partial charge in [0.15, 0.2) is 11.9 Å². The van der Waals surface area contributed by atoms with E-state index in [1.807, 2.05) is 0 Å². The Morgan fingerprint density at radius 2 is 1.88 bits per heavy atom. The lowest BCUT2D eigenvalue weighted by molar-refractivity contribution is 0.0316. The number of H-pyrrole nitrogens is 1. The van der Waals surface area contributed by atoms with Crippen LogP contribution in [0, 0.1) is 0 Å². The second-order valence-corrected chi connectivity index (χ2v) is 5.58. The minimum absolute atomic E-state index is 0.224. The molecule has 1 heterocycles. The number of aromatic amines is 1. The maximum absolute atomic E-state index is 12.5. The van der Waals surface area contributed by atoms with E-state index in [0.717, 1.165) is 0 Å². The van der Waals surface area contributed by atoms with E-state index in [4.69, 9.17) is 14.2 Å². The number of methoxy groups -OCH3 is 2. The molecule has 0 aliphatic carbocycles. The number of carbonyl (C=O) groups excluding carboxylic acids is 1. The van der Waals surface area contributed by atoms with E-state index in [-0.39, 0.29) is 16.9 Å². The SMILES string of the molecule is COc1ccc(OC)c(C(=O)O[C@@H](C)c2nc3ccccc3c(=O)[nH]2)c1. The minimum atomic E-state index is -0.754. The fourth-order valence-corrected chi connectivity index (χ4v) is 2.55. The van der Waals surface area contributed by atoms with Crippen LogP contribution in [0.1, 0.15) is 29.2 Å². The summed E-state index contributed by atoms with van der Waals surface area (Å²) in [5.41, 5.74) is 0.474. The summed E-state index contributed by atoms with van der Waals surface area (Å²) in [5, 5.41) is 0.476. The van der Waals surface area contributed by atoms with Gasteiger partial charge in [0, 0.05) is 0 Å². The lowest BCUT2D eigenvalue weighted by atomic mass is 10.2. The Morgan fingerprint density at radius 3 is 2.62 bits per heavy atom. The Balaban J connectivity index is 1.89. The highest BCUT2D eigenvalue weighted by Crippen LogP contribution is 2.26. The average Bonchev–Trinajstić information content (AvgIpc) is 2.67. The summed E-state index contributed by atoms with van der Waals surface area (Å²) in [7, 11) is 2.97. The average molecular weight is 354 g/mol. The van der Waals surface area contributed by atoms with Crippen molar-refractivity contribution in [2.75, 3.05) is 14.2 Å². The van der Waals surface area contributed by atoms with E-state index in [2.05, 4.69) is 9.97 Å². The lowest BCUT2D eigenvalue weighted by Gasteiger charge is -2.15. The molecule has 3 rings (SSSR count). The smallest absolute Gasteiger partial charge is 0.342 e. The first-order valence-corrected chi connectivity index (χ1v) is 7.95. The molecule has 0 aliphatic rings. The van der Waals surface area contributed by atoms with Crippen LogP contribution < -0.4 is 15.0 Å². The Hall–Kier alpha value is -3.35. The maximum Gasteiger partial charge on any atom is 0.342 e. The monoisotopic (exact) mass is 354 g/mol. The van der Waals surface area contributed by atoms with Gasteiger partial charge in [0.05, 0.1) is 25.1 Å². The van der Waals surface area contributed by atoms with Crippen molar-refractivity contribution in [3.8, 4) is 11.5 Å². The van der Waals surface area contributed by atoms with Gasteiger partial charge in [-0.2, -0.15) is 0 Å². The highest BCUT2D eigenvalue weighted by atomic mass is 16.5. The third-order valence-corrected chi connectivity index (χ3v) is 3.93. The minimum Gasteiger partial charge on any atom is -0.497 e. The van der Waals surface area contributed by atoms with Gasteiger partial charge >= 0.3 is 5.97 Å². The van der Waals surface area contributed by atoms with E-state index in [9.17, 15) is 9.59 Å². The molecule has 1 N–H and O–H groups in total. The molecule has 26 heavy (non-hydrogen) atoms. The van der Waals surface area contributed by atoms with Crippen molar-refractivity contribution in [3.63, 3.8) is 0 Å². The molecule has 0 fully saturated rings. The first-order chi connectivity index (χ1) is 12.5. The maximum atomic E-state index is 12.5. The Bertz CT molecular complexity index is 1010. The molecule has 134 valence electrons. The molecule has 3 aromatic rings. The van der Waals surface area contributed by atoms with Crippen LogP contribution in [0.4, 0.5) is 0 Å². The summed E-state index contributed by atoms with van der Waals surface area (Å²) in [5.74, 6) is 0.526. The highest BCUT2D eigenvalue weighted by Gasteiger charge is 2.20. The fourth-order valence-electron chi connectivity index (χ4n) is 2.55. The van der Waals surface area contributed by atoms with Crippen molar-refractivity contribution in [3.05, 3.63) is 64.2 Å². The van der Waals surface area contributed by atoms with E-state index in [1.165, 1.54) is 20.3 Å². The number of nitrogens with zero attached hydrogens (tertiary/aromatic N) is 1. The second kappa shape index (κ2) is 7.26. The van der Waals surface area contributed by atoms with Gasteiger partial charge in [-0.05, 0) is 37.3 Å². The molecule has 7 nitrogen and oxygen atoms in total. The molecule has 0 amide bonds. The molecule has 1 aromatic heterocycles. The predicted octanol–water partition coefficient (Wildman–Crippen LogP) is 2.86. The summed E-state index contributed by atoms with van der Waals surface area (Å²) < 4.78 is 15.8. The third kappa shape index (κ3) is 3.37. The third-order valence-electron chi connectivity index (χ3n) is 3.93. The van der Waals surface area contributed by atoms with E-state index < -0.39 is 12.1 Å². The molecule has 2 aromatic carbocycles. The topological polar surface area (TPSA) is 90.5 Å². The molecule has 0 spiro atoms. The molecule has 0 saturated carbocycles. The van der Waals surface area contributed by atoms with Gasteiger partial charge in [-0.1, -0.05) is 12.1 Å². The zero-order chi connectivity index (χ0) is 18.7. The quantitative estimate of drug-likeness (QED) is 0.709. The number of hydrogen-bond acceptors (Lipinski definition) is 6. The fraction of sp³-hybridized carbons (Fsp3) is 0.211. The van der Waals surface area contributed by atoms with Crippen molar-refractivity contribution in [2.24, 2.45) is 0 Å². The van der Waals surface area contributed by atoms with Crippen LogP contribution in [-0.4, -0.2) is 30.2 Å². The van der Waals surface area contributed by atoms with E-state index in [1.54, 1.807) is 43.3 Å². The molecule has 7 heteroatoms. The van der Waals surface area contributed by atoms with Crippen LogP contribution in [0.15, 0.2) is 47.3 Å². The first kappa shape index (κ1) is 17.5. The predicted molar refractivity (Wildman–Crippen MR) is 95.7 cm³/mol. The Labute approximate surface area is 149 Å². The summed E-state index contributed by atoms with van der Waals surface area (Å²) in [6.07, 6.45) is -0.754. The Morgan fingerprint density at radius 1 is 1.12 bits per heavy atom. The number of nitrogens with one attached hydrogen (secondary N) is 1. The number of aromatic nitrogens is 2. The zero-order valence-electron chi connectivity index (χ0n) is 14.6. The normalized spacial score (nSPS) is 11.8. The molecule has 0 radical (unpaired) electrons. The number of esters is 1. The van der Waals surface area contributed by atoms with Crippen LogP contribution in [0.3, 0.4) is 0 Å². The van der Waals surface area contributed by atoms with Crippen molar-refractivity contribution in [2.45, 2.75) is 13.0 Å². The van der Waals surface area contributed by atoms with Gasteiger partial charge in [0.25, 0.3) is 5.56 Å². The van der Waals surface area contributed by atoms with Gasteiger partial charge in [0.2, 0.25) is 0 Å². The number of ether oxygens (including phenoxy) is 3. The highest BCUT2D eigenvalue weighted by molar-refractivity contribution is 5.93. The molecule has 0 saturated heterocycles. The van der Waals surface area contributed by atoms with Crippen molar-refractivity contribution in [1.82, 2.24) is 9.97 Å². The van der Waals surface area contributed by atoms with Gasteiger partial charge in [-0.15, -0.1) is 0 Å². The number of para-hydroxylation sites is 1. The Kier molecular flexibility index (Phi) is 4.88. The second-order valence-electron chi connectivity index (χ2n) is 5.58. The van der Waals surface area contributed by atoms with Crippen LogP contribution >= 0.6 is 0 Å². The van der Waals surface area contributed by atoms with Crippen molar-refractivity contribution < 1.29 is 19.0 Å². The molecule has 0 unspecified atom stereocenters. The van der Waals surface area contributed by atoms with Crippen LogP contribution in [-0.2, 0) is 4.74 Å². The number of carbonyl (C=O) groups is 1. The first-order valence-electron chi connectivity index (χ1n) is 7.95. The standard InChI is InChI=1S/C19H18N2O5/c1-11(17-20-15-7-5-4-6-13(15)18(22)21-17)26-19(23)14-10-12(24-2)8-9-16(14)25-3/h4-11H,1-3H3,(H,20,21,22)/t11-/m0/s1. The van der Waals surface area contributed by atoms with Crippen LogP contribution in [0.5, 0.6) is 11.5 Å². The van der Waals surface area contributed by atoms with Crippen molar-refractivity contribution >= 4 is 16.9 Å². The van der Waals surface area contributed by atoms with Gasteiger partial charge in [0.1, 0.15) is 17.1 Å². The number of fused-ring (bicyclic) bond motifs is 1. The number of rotatable bonds is 5. The van der Waals surface area contributed by atoms with Gasteiger partial charge in [-0.25, -0.2) is 9.78 Å². The zero-order valence-corrected chi connectivity index (χ0v) is 14.6. The van der Waals surface area contributed by atoms with Crippen LogP contribution in [0.2, 0.25) is 0 Å². The van der Waals surface area contributed by atoms with E-state index in [0.29, 0.717) is 22.4 Å². The van der Waals surface area contributed by atoms with Gasteiger partial charge < -0.3 is 19.2 Å². The molecular weight excluding hydrogens is 336 g/mol. The summed E-state index contributed by atoms with van der Waals surface area (Å²) >= 11 is 0. The molecule has 1 atom stereocenters. The summed E-state index contributed by atoms with van der Waals surface area (Å²) in [6.45, 7) is 1.64. The number of benzene rings is 2. The molecule has 0 bridgehead atoms. The largest absolute Gasteiger partial charge is 0.497 e. The molecule has 0 aliphatic heterocycles. The van der Waals surface area contributed by atoms with Crippen molar-refractivity contribution in [1.29, 1.82) is 0 Å².